The molecular weight excluding hydrogens is 330 g/mol. The molecule has 2 rings (SSSR count). The Balaban J connectivity index is 1.93. The number of nitriles is 1. The first-order valence-corrected chi connectivity index (χ1v) is 7.20. The molecule has 0 atom stereocenters. The number of carbonyl (C=O) groups is 1. The summed E-state index contributed by atoms with van der Waals surface area (Å²) in [4.78, 5) is 11.9. The summed E-state index contributed by atoms with van der Waals surface area (Å²) < 4.78 is 33.5. The molecule has 1 amide bonds. The Morgan fingerprint density at radius 1 is 1.20 bits per heavy atom. The molecule has 0 aromatic heterocycles. The third-order valence-electron chi connectivity index (χ3n) is 2.94. The van der Waals surface area contributed by atoms with Crippen molar-refractivity contribution in [1.29, 1.82) is 5.26 Å². The number of nitrogens with one attached hydrogen (secondary N) is 1. The number of hydrogen-bond acceptors (Lipinski definition) is 4. The van der Waals surface area contributed by atoms with Gasteiger partial charge in [-0.3, -0.25) is 4.79 Å². The van der Waals surface area contributed by atoms with Crippen molar-refractivity contribution in [3.8, 4) is 17.6 Å². The van der Waals surface area contributed by atoms with Crippen LogP contribution in [0.25, 0.3) is 6.08 Å². The van der Waals surface area contributed by atoms with E-state index in [1.54, 1.807) is 36.4 Å². The van der Waals surface area contributed by atoms with Crippen molar-refractivity contribution in [2.24, 2.45) is 0 Å². The summed E-state index contributed by atoms with van der Waals surface area (Å²) >= 11 is 0. The molecule has 25 heavy (non-hydrogen) atoms. The van der Waals surface area contributed by atoms with Crippen LogP contribution in [0.2, 0.25) is 0 Å². The van der Waals surface area contributed by atoms with Gasteiger partial charge in [-0.1, -0.05) is 18.2 Å². The predicted molar refractivity (Wildman–Crippen MR) is 88.3 cm³/mol. The summed E-state index contributed by atoms with van der Waals surface area (Å²) in [6, 6.07) is 14.4. The molecular formula is C18H14F2N2O3. The van der Waals surface area contributed by atoms with Gasteiger partial charge in [-0.15, -0.1) is 0 Å². The number of carbonyl (C=O) groups excluding carboxylic acids is 1. The number of amides is 1. The van der Waals surface area contributed by atoms with E-state index in [0.29, 0.717) is 17.0 Å². The number of halogens is 2. The largest absolute Gasteiger partial charge is 0.479 e. The van der Waals surface area contributed by atoms with Crippen molar-refractivity contribution in [1.82, 2.24) is 0 Å². The van der Waals surface area contributed by atoms with Gasteiger partial charge in [0.15, 0.2) is 6.61 Å². The Hall–Kier alpha value is -3.40. The van der Waals surface area contributed by atoms with Crippen LogP contribution in [-0.4, -0.2) is 19.1 Å². The van der Waals surface area contributed by atoms with Crippen LogP contribution >= 0.6 is 0 Å². The zero-order valence-electron chi connectivity index (χ0n) is 13.0. The fourth-order valence-electron chi connectivity index (χ4n) is 1.90. The van der Waals surface area contributed by atoms with Crippen LogP contribution in [0.1, 0.15) is 5.56 Å². The lowest BCUT2D eigenvalue weighted by atomic mass is 10.2. The first-order chi connectivity index (χ1) is 12.1. The maximum Gasteiger partial charge on any atom is 0.387 e. The molecule has 0 bridgehead atoms. The fraction of sp³-hybridized carbons (Fsp3) is 0.111. The average molecular weight is 344 g/mol. The molecule has 5 nitrogen and oxygen atoms in total. The van der Waals surface area contributed by atoms with E-state index in [4.69, 9.17) is 10.00 Å². The maximum atomic E-state index is 12.1. The summed E-state index contributed by atoms with van der Waals surface area (Å²) in [5.74, 6) is 0.147. The Morgan fingerprint density at radius 3 is 2.64 bits per heavy atom. The van der Waals surface area contributed by atoms with E-state index in [1.165, 1.54) is 24.3 Å². The van der Waals surface area contributed by atoms with Gasteiger partial charge < -0.3 is 14.8 Å². The molecule has 0 heterocycles. The molecule has 1 N–H and O–H groups in total. The molecule has 0 aliphatic heterocycles. The third-order valence-corrected chi connectivity index (χ3v) is 2.94. The van der Waals surface area contributed by atoms with Gasteiger partial charge in [0, 0.05) is 17.8 Å². The van der Waals surface area contributed by atoms with E-state index < -0.39 is 6.61 Å². The highest BCUT2D eigenvalue weighted by Gasteiger charge is 2.03. The lowest BCUT2D eigenvalue weighted by Gasteiger charge is -2.06. The summed E-state index contributed by atoms with van der Waals surface area (Å²) in [5.41, 5.74) is 1.17. The van der Waals surface area contributed by atoms with E-state index in [9.17, 15) is 13.6 Å². The Kier molecular flexibility index (Phi) is 6.48. The average Bonchev–Trinajstić information content (AvgIpc) is 2.59. The predicted octanol–water partition coefficient (Wildman–Crippen LogP) is 3.84. The molecule has 0 aliphatic rings. The Bertz CT molecular complexity index is 784. The van der Waals surface area contributed by atoms with Crippen molar-refractivity contribution in [2.45, 2.75) is 6.61 Å². The molecule has 0 saturated heterocycles. The van der Waals surface area contributed by atoms with Gasteiger partial charge in [0.05, 0.1) is 0 Å². The van der Waals surface area contributed by atoms with Crippen molar-refractivity contribution in [3.63, 3.8) is 0 Å². The van der Waals surface area contributed by atoms with Crippen molar-refractivity contribution in [2.75, 3.05) is 11.9 Å². The minimum Gasteiger partial charge on any atom is -0.479 e. The van der Waals surface area contributed by atoms with Crippen molar-refractivity contribution < 1.29 is 23.0 Å². The first kappa shape index (κ1) is 17.9. The summed E-state index contributed by atoms with van der Waals surface area (Å²) in [6.07, 6.45) is 2.85. The second-order valence-electron chi connectivity index (χ2n) is 4.74. The molecule has 0 spiro atoms. The minimum atomic E-state index is -2.87. The van der Waals surface area contributed by atoms with E-state index >= 15 is 0 Å². The van der Waals surface area contributed by atoms with E-state index in [1.807, 2.05) is 6.07 Å². The number of anilines is 1. The lowest BCUT2D eigenvalue weighted by Crippen LogP contribution is -2.07. The van der Waals surface area contributed by atoms with Crippen molar-refractivity contribution >= 4 is 17.7 Å². The Morgan fingerprint density at radius 2 is 1.96 bits per heavy atom. The number of ether oxygens (including phenoxy) is 2. The van der Waals surface area contributed by atoms with E-state index in [0.717, 1.165) is 0 Å². The van der Waals surface area contributed by atoms with Gasteiger partial charge in [-0.2, -0.15) is 14.0 Å². The second-order valence-corrected chi connectivity index (χ2v) is 4.74. The number of alkyl halides is 2. The molecule has 0 radical (unpaired) electrons. The molecule has 0 fully saturated rings. The molecule has 2 aromatic carbocycles. The van der Waals surface area contributed by atoms with Crippen LogP contribution < -0.4 is 14.8 Å². The van der Waals surface area contributed by atoms with Crippen LogP contribution in [0.15, 0.2) is 54.6 Å². The SMILES string of the molecule is N#CCOc1cccc(NC(=O)C=Cc2ccc(OC(F)F)cc2)c1. The fourth-order valence-corrected chi connectivity index (χ4v) is 1.90. The highest BCUT2D eigenvalue weighted by molar-refractivity contribution is 6.02. The molecule has 0 unspecified atom stereocenters. The molecule has 0 saturated carbocycles. The van der Waals surface area contributed by atoms with Crippen LogP contribution in [0.4, 0.5) is 14.5 Å². The number of rotatable bonds is 7. The summed E-state index contributed by atoms with van der Waals surface area (Å²) in [6.45, 7) is -2.96. The minimum absolute atomic E-state index is 0.0470. The summed E-state index contributed by atoms with van der Waals surface area (Å²) in [5, 5.41) is 11.1. The Labute approximate surface area is 143 Å². The highest BCUT2D eigenvalue weighted by atomic mass is 19.3. The molecule has 0 aliphatic carbocycles. The zero-order chi connectivity index (χ0) is 18.1. The second kappa shape index (κ2) is 9.03. The quantitative estimate of drug-likeness (QED) is 0.775. The monoisotopic (exact) mass is 344 g/mol. The van der Waals surface area contributed by atoms with Gasteiger partial charge in [0.2, 0.25) is 5.91 Å². The van der Waals surface area contributed by atoms with Gasteiger partial charge in [0.25, 0.3) is 0 Å². The normalized spacial score (nSPS) is 10.5. The third kappa shape index (κ3) is 6.31. The van der Waals surface area contributed by atoms with Gasteiger partial charge in [0.1, 0.15) is 17.6 Å². The van der Waals surface area contributed by atoms with E-state index in [-0.39, 0.29) is 18.3 Å². The lowest BCUT2D eigenvalue weighted by molar-refractivity contribution is -0.111. The van der Waals surface area contributed by atoms with E-state index in [2.05, 4.69) is 10.1 Å². The number of hydrogen-bond donors (Lipinski definition) is 1. The zero-order valence-corrected chi connectivity index (χ0v) is 13.0. The number of benzene rings is 2. The van der Waals surface area contributed by atoms with Crippen LogP contribution in [-0.2, 0) is 4.79 Å². The van der Waals surface area contributed by atoms with Gasteiger partial charge >= 0.3 is 6.61 Å². The topological polar surface area (TPSA) is 71.3 Å². The van der Waals surface area contributed by atoms with Crippen molar-refractivity contribution in [3.05, 3.63) is 60.2 Å². The van der Waals surface area contributed by atoms with Gasteiger partial charge in [-0.25, -0.2) is 0 Å². The molecule has 7 heteroatoms. The maximum absolute atomic E-state index is 12.1. The number of nitrogens with zero attached hydrogens (tertiary/aromatic N) is 1. The van der Waals surface area contributed by atoms with Crippen LogP contribution in [0.3, 0.4) is 0 Å². The van der Waals surface area contributed by atoms with Crippen LogP contribution in [0.5, 0.6) is 11.5 Å². The molecule has 128 valence electrons. The standard InChI is InChI=1S/C18H14F2N2O3/c19-18(20)25-15-7-4-13(5-8-15)6-9-17(23)22-14-2-1-3-16(12-14)24-11-10-21/h1-9,12,18H,11H2,(H,22,23). The summed E-state index contributed by atoms with van der Waals surface area (Å²) in [7, 11) is 0. The highest BCUT2D eigenvalue weighted by Crippen LogP contribution is 2.18. The van der Waals surface area contributed by atoms with Crippen LogP contribution in [0, 0.1) is 11.3 Å². The molecule has 2 aromatic rings. The smallest absolute Gasteiger partial charge is 0.387 e. The van der Waals surface area contributed by atoms with Gasteiger partial charge in [-0.05, 0) is 35.9 Å². The first-order valence-electron chi connectivity index (χ1n) is 7.20.